The van der Waals surface area contributed by atoms with Crippen molar-refractivity contribution in [3.8, 4) is 0 Å². The lowest BCUT2D eigenvalue weighted by molar-refractivity contribution is 0.00988. The molecule has 1 saturated carbocycles. The minimum atomic E-state index is 0. The van der Waals surface area contributed by atoms with Crippen LogP contribution in [0.3, 0.4) is 0 Å². The van der Waals surface area contributed by atoms with Crippen LogP contribution in [0.1, 0.15) is 69.4 Å². The van der Waals surface area contributed by atoms with Gasteiger partial charge in [0.1, 0.15) is 0 Å². The minimum absolute atomic E-state index is 0. The van der Waals surface area contributed by atoms with Crippen LogP contribution in [0.15, 0.2) is 29.3 Å². The Labute approximate surface area is 200 Å². The molecule has 6 heteroatoms. The van der Waals surface area contributed by atoms with Gasteiger partial charge in [-0.15, -0.1) is 24.0 Å². The Kier molecular flexibility index (Phi) is 10.9. The van der Waals surface area contributed by atoms with Crippen molar-refractivity contribution in [1.29, 1.82) is 0 Å². The monoisotopic (exact) mass is 529 g/mol. The molecular weight excluding hydrogens is 489 g/mol. The maximum atomic E-state index is 6.00. The van der Waals surface area contributed by atoms with Crippen molar-refractivity contribution in [1.82, 2.24) is 10.2 Å². The van der Waals surface area contributed by atoms with Gasteiger partial charge >= 0.3 is 0 Å². The van der Waals surface area contributed by atoms with Gasteiger partial charge in [-0.05, 0) is 49.7 Å². The van der Waals surface area contributed by atoms with E-state index >= 15 is 0 Å². The first-order valence-electron chi connectivity index (χ1n) is 11.4. The van der Waals surface area contributed by atoms with E-state index in [0.29, 0.717) is 24.0 Å². The topological polar surface area (TPSA) is 46.1 Å². The van der Waals surface area contributed by atoms with Crippen LogP contribution in [0, 0.1) is 0 Å². The predicted molar refractivity (Wildman–Crippen MR) is 135 cm³/mol. The molecule has 2 aliphatic rings. The smallest absolute Gasteiger partial charge is 0.194 e. The fraction of sp³-hybridized carbons (Fsp3) is 0.708. The average molecular weight is 530 g/mol. The molecule has 0 aromatic heterocycles. The molecule has 5 nitrogen and oxygen atoms in total. The predicted octanol–water partition coefficient (Wildman–Crippen LogP) is 4.77. The van der Waals surface area contributed by atoms with E-state index in [1.54, 1.807) is 7.11 Å². The van der Waals surface area contributed by atoms with Crippen LogP contribution in [-0.4, -0.2) is 63.0 Å². The van der Waals surface area contributed by atoms with Gasteiger partial charge in [-0.3, -0.25) is 4.99 Å². The molecule has 2 fully saturated rings. The highest BCUT2D eigenvalue weighted by molar-refractivity contribution is 14.0. The summed E-state index contributed by atoms with van der Waals surface area (Å²) in [5.41, 5.74) is 2.87. The van der Waals surface area contributed by atoms with E-state index in [1.807, 2.05) is 0 Å². The fourth-order valence-electron chi connectivity index (χ4n) is 4.09. The zero-order valence-electron chi connectivity index (χ0n) is 19.1. The van der Waals surface area contributed by atoms with Gasteiger partial charge in [0.25, 0.3) is 0 Å². The molecular formula is C24H40IN3O2. The first kappa shape index (κ1) is 25.4. The SMILES string of the molecule is CCN=C(NC1CC1c1ccc(C(C)C)cc1)N1CCC(OCCCOC)CC1.I. The number of guanidine groups is 1. The van der Waals surface area contributed by atoms with E-state index in [-0.39, 0.29) is 24.0 Å². The highest BCUT2D eigenvalue weighted by Crippen LogP contribution is 2.41. The molecule has 0 amide bonds. The van der Waals surface area contributed by atoms with Crippen molar-refractivity contribution in [3.63, 3.8) is 0 Å². The van der Waals surface area contributed by atoms with Gasteiger partial charge in [0, 0.05) is 51.9 Å². The molecule has 1 aliphatic carbocycles. The first-order valence-corrected chi connectivity index (χ1v) is 11.4. The lowest BCUT2D eigenvalue weighted by Crippen LogP contribution is -2.48. The van der Waals surface area contributed by atoms with Gasteiger partial charge in [0.15, 0.2) is 5.96 Å². The molecule has 1 aromatic rings. The Bertz CT molecular complexity index is 642. The molecule has 2 atom stereocenters. The van der Waals surface area contributed by atoms with E-state index in [2.05, 4.69) is 55.3 Å². The lowest BCUT2D eigenvalue weighted by atomic mass is 10.0. The largest absolute Gasteiger partial charge is 0.385 e. The summed E-state index contributed by atoms with van der Waals surface area (Å²) in [6.45, 7) is 11.0. The second-order valence-electron chi connectivity index (χ2n) is 8.62. The van der Waals surface area contributed by atoms with Crippen LogP contribution in [-0.2, 0) is 9.47 Å². The Balaban J connectivity index is 0.00000320. The summed E-state index contributed by atoms with van der Waals surface area (Å²) >= 11 is 0. The lowest BCUT2D eigenvalue weighted by Gasteiger charge is -2.34. The molecule has 3 rings (SSSR count). The number of nitrogens with one attached hydrogen (secondary N) is 1. The van der Waals surface area contributed by atoms with E-state index in [1.165, 1.54) is 17.5 Å². The Morgan fingerprint density at radius 3 is 2.47 bits per heavy atom. The Morgan fingerprint density at radius 1 is 1.17 bits per heavy atom. The number of ether oxygens (including phenoxy) is 2. The highest BCUT2D eigenvalue weighted by Gasteiger charge is 2.40. The number of methoxy groups -OCH3 is 1. The molecule has 2 unspecified atom stereocenters. The second-order valence-corrected chi connectivity index (χ2v) is 8.62. The number of likely N-dealkylation sites (tertiary alicyclic amines) is 1. The maximum Gasteiger partial charge on any atom is 0.194 e. The normalized spacial score (nSPS) is 22.2. The molecule has 1 aliphatic heterocycles. The van der Waals surface area contributed by atoms with Gasteiger partial charge in [-0.25, -0.2) is 0 Å². The quantitative estimate of drug-likeness (QED) is 0.217. The second kappa shape index (κ2) is 12.9. The summed E-state index contributed by atoms with van der Waals surface area (Å²) < 4.78 is 11.1. The zero-order valence-corrected chi connectivity index (χ0v) is 21.4. The average Bonchev–Trinajstić information content (AvgIpc) is 3.51. The van der Waals surface area contributed by atoms with Gasteiger partial charge in [-0.1, -0.05) is 38.1 Å². The third kappa shape index (κ3) is 7.38. The van der Waals surface area contributed by atoms with E-state index < -0.39 is 0 Å². The Hall–Kier alpha value is -0.860. The first-order chi connectivity index (χ1) is 14.1. The number of piperidine rings is 1. The van der Waals surface area contributed by atoms with Gasteiger partial charge in [-0.2, -0.15) is 0 Å². The minimum Gasteiger partial charge on any atom is -0.385 e. The van der Waals surface area contributed by atoms with Crippen molar-refractivity contribution < 1.29 is 9.47 Å². The van der Waals surface area contributed by atoms with Gasteiger partial charge in [0.2, 0.25) is 0 Å². The molecule has 1 saturated heterocycles. The number of benzene rings is 1. The molecule has 30 heavy (non-hydrogen) atoms. The van der Waals surface area contributed by atoms with E-state index in [4.69, 9.17) is 14.5 Å². The molecule has 1 N–H and O–H groups in total. The van der Waals surface area contributed by atoms with Gasteiger partial charge in [0.05, 0.1) is 6.10 Å². The standard InChI is InChI=1S/C24H39N3O2.HI/c1-5-25-24(27-13-11-21(12-14-27)29-16-6-15-28-4)26-23-17-22(23)20-9-7-19(8-10-20)18(2)3;/h7-10,18,21-23H,5-6,11-17H2,1-4H3,(H,25,26);1H. The molecule has 1 aromatic carbocycles. The third-order valence-electron chi connectivity index (χ3n) is 6.03. The van der Waals surface area contributed by atoms with Crippen molar-refractivity contribution >= 4 is 29.9 Å². The fourth-order valence-corrected chi connectivity index (χ4v) is 4.09. The molecule has 0 spiro atoms. The summed E-state index contributed by atoms with van der Waals surface area (Å²) in [6, 6.07) is 9.70. The number of aliphatic imine (C=N–C) groups is 1. The summed E-state index contributed by atoms with van der Waals surface area (Å²) in [5, 5.41) is 3.74. The van der Waals surface area contributed by atoms with Crippen molar-refractivity contribution in [2.24, 2.45) is 4.99 Å². The van der Waals surface area contributed by atoms with Crippen LogP contribution in [0.4, 0.5) is 0 Å². The number of rotatable bonds is 9. The molecule has 1 heterocycles. The van der Waals surface area contributed by atoms with E-state index in [9.17, 15) is 0 Å². The van der Waals surface area contributed by atoms with Crippen molar-refractivity contribution in [3.05, 3.63) is 35.4 Å². The number of hydrogen-bond acceptors (Lipinski definition) is 3. The van der Waals surface area contributed by atoms with Crippen LogP contribution < -0.4 is 5.32 Å². The zero-order chi connectivity index (χ0) is 20.6. The summed E-state index contributed by atoms with van der Waals surface area (Å²) in [5.74, 6) is 2.28. The summed E-state index contributed by atoms with van der Waals surface area (Å²) in [7, 11) is 1.74. The molecule has 170 valence electrons. The molecule has 0 bridgehead atoms. The van der Waals surface area contributed by atoms with Crippen molar-refractivity contribution in [2.45, 2.75) is 70.4 Å². The number of nitrogens with zero attached hydrogens (tertiary/aromatic N) is 2. The highest BCUT2D eigenvalue weighted by atomic mass is 127. The van der Waals surface area contributed by atoms with E-state index in [0.717, 1.165) is 58.1 Å². The summed E-state index contributed by atoms with van der Waals surface area (Å²) in [4.78, 5) is 7.19. The summed E-state index contributed by atoms with van der Waals surface area (Å²) in [6.07, 6.45) is 4.69. The van der Waals surface area contributed by atoms with Crippen LogP contribution >= 0.6 is 24.0 Å². The van der Waals surface area contributed by atoms with Crippen molar-refractivity contribution in [2.75, 3.05) is 40.0 Å². The van der Waals surface area contributed by atoms with Crippen LogP contribution in [0.25, 0.3) is 0 Å². The number of hydrogen-bond donors (Lipinski definition) is 1. The van der Waals surface area contributed by atoms with Crippen LogP contribution in [0.2, 0.25) is 0 Å². The molecule has 0 radical (unpaired) electrons. The number of halogens is 1. The van der Waals surface area contributed by atoms with Crippen LogP contribution in [0.5, 0.6) is 0 Å². The maximum absolute atomic E-state index is 6.00. The Morgan fingerprint density at radius 2 is 1.87 bits per heavy atom. The van der Waals surface area contributed by atoms with Gasteiger partial charge < -0.3 is 19.7 Å². The third-order valence-corrected chi connectivity index (χ3v) is 6.03.